The predicted octanol–water partition coefficient (Wildman–Crippen LogP) is 2.51. The van der Waals surface area contributed by atoms with Gasteiger partial charge in [-0.2, -0.15) is 0 Å². The van der Waals surface area contributed by atoms with Gasteiger partial charge in [-0.05, 0) is 43.9 Å². The van der Waals surface area contributed by atoms with Crippen molar-refractivity contribution in [2.45, 2.75) is 39.0 Å². The lowest BCUT2D eigenvalue weighted by Crippen LogP contribution is -2.25. The molecule has 0 saturated heterocycles. The van der Waals surface area contributed by atoms with Crippen molar-refractivity contribution in [2.75, 3.05) is 20.8 Å². The van der Waals surface area contributed by atoms with Crippen LogP contribution in [-0.2, 0) is 16.0 Å². The molecule has 0 radical (unpaired) electrons. The number of rotatable bonds is 10. The number of ether oxygens (including phenoxy) is 2. The lowest BCUT2D eigenvalue weighted by Gasteiger charge is -2.10. The number of carbonyl (C=O) groups excluding carboxylic acids is 2. The maximum Gasteiger partial charge on any atom is 0.220 e. The third kappa shape index (κ3) is 6.61. The largest absolute Gasteiger partial charge is 0.493 e. The Morgan fingerprint density at radius 2 is 1.73 bits per heavy atom. The van der Waals surface area contributed by atoms with Crippen molar-refractivity contribution < 1.29 is 19.1 Å². The summed E-state index contributed by atoms with van der Waals surface area (Å²) in [6.07, 6.45) is 3.29. The zero-order valence-corrected chi connectivity index (χ0v) is 13.6. The minimum absolute atomic E-state index is 0.0315. The van der Waals surface area contributed by atoms with E-state index in [1.165, 1.54) is 0 Å². The third-order valence-corrected chi connectivity index (χ3v) is 3.37. The third-order valence-electron chi connectivity index (χ3n) is 3.37. The van der Waals surface area contributed by atoms with E-state index in [2.05, 4.69) is 5.32 Å². The molecule has 1 aromatic carbocycles. The van der Waals surface area contributed by atoms with Gasteiger partial charge in [0.05, 0.1) is 14.2 Å². The molecule has 0 aliphatic carbocycles. The lowest BCUT2D eigenvalue weighted by molar-refractivity contribution is -0.121. The van der Waals surface area contributed by atoms with Crippen molar-refractivity contribution in [1.82, 2.24) is 5.32 Å². The number of hydrogen-bond acceptors (Lipinski definition) is 4. The highest BCUT2D eigenvalue weighted by molar-refractivity contribution is 5.76. The first-order valence-electron chi connectivity index (χ1n) is 7.54. The average molecular weight is 307 g/mol. The van der Waals surface area contributed by atoms with Crippen molar-refractivity contribution in [2.24, 2.45) is 0 Å². The fraction of sp³-hybridized carbons (Fsp3) is 0.529. The number of amides is 1. The molecule has 0 unspecified atom stereocenters. The van der Waals surface area contributed by atoms with E-state index in [0.717, 1.165) is 24.8 Å². The molecule has 22 heavy (non-hydrogen) atoms. The van der Waals surface area contributed by atoms with E-state index in [0.29, 0.717) is 30.9 Å². The zero-order valence-electron chi connectivity index (χ0n) is 13.6. The van der Waals surface area contributed by atoms with E-state index >= 15 is 0 Å². The molecule has 0 fully saturated rings. The molecule has 0 aromatic heterocycles. The number of unbranched alkanes of at least 4 members (excludes halogenated alkanes) is 1. The van der Waals surface area contributed by atoms with Crippen LogP contribution < -0.4 is 14.8 Å². The van der Waals surface area contributed by atoms with E-state index in [4.69, 9.17) is 9.47 Å². The lowest BCUT2D eigenvalue weighted by atomic mass is 10.1. The van der Waals surface area contributed by atoms with Crippen LogP contribution in [-0.4, -0.2) is 32.5 Å². The zero-order chi connectivity index (χ0) is 16.4. The van der Waals surface area contributed by atoms with Gasteiger partial charge in [0, 0.05) is 19.4 Å². The van der Waals surface area contributed by atoms with Crippen LogP contribution in [0.5, 0.6) is 11.5 Å². The summed E-state index contributed by atoms with van der Waals surface area (Å²) in [5, 5.41) is 2.89. The molecule has 5 nitrogen and oxygen atoms in total. The monoisotopic (exact) mass is 307 g/mol. The Kier molecular flexibility index (Phi) is 8.04. The van der Waals surface area contributed by atoms with Crippen molar-refractivity contribution >= 4 is 11.7 Å². The summed E-state index contributed by atoms with van der Waals surface area (Å²) < 4.78 is 10.4. The molecule has 0 atom stereocenters. The van der Waals surface area contributed by atoms with E-state index in [1.54, 1.807) is 21.1 Å². The summed E-state index contributed by atoms with van der Waals surface area (Å²) in [7, 11) is 3.20. The number of nitrogens with one attached hydrogen (secondary N) is 1. The Hall–Kier alpha value is -2.04. The molecule has 0 aliphatic heterocycles. The van der Waals surface area contributed by atoms with Gasteiger partial charge in [0.15, 0.2) is 11.5 Å². The highest BCUT2D eigenvalue weighted by Crippen LogP contribution is 2.27. The molecular weight excluding hydrogens is 282 g/mol. The van der Waals surface area contributed by atoms with E-state index in [-0.39, 0.29) is 11.7 Å². The highest BCUT2D eigenvalue weighted by atomic mass is 16.5. The van der Waals surface area contributed by atoms with Crippen LogP contribution >= 0.6 is 0 Å². The molecule has 0 aliphatic rings. The van der Waals surface area contributed by atoms with Crippen LogP contribution in [0.4, 0.5) is 0 Å². The summed E-state index contributed by atoms with van der Waals surface area (Å²) >= 11 is 0. The summed E-state index contributed by atoms with van der Waals surface area (Å²) in [5.74, 6) is 1.59. The molecule has 1 amide bonds. The van der Waals surface area contributed by atoms with Gasteiger partial charge < -0.3 is 19.6 Å². The molecule has 0 spiro atoms. The van der Waals surface area contributed by atoms with Gasteiger partial charge >= 0.3 is 0 Å². The summed E-state index contributed by atoms with van der Waals surface area (Å²) in [6.45, 7) is 2.16. The van der Waals surface area contributed by atoms with Gasteiger partial charge in [-0.25, -0.2) is 0 Å². The first-order chi connectivity index (χ1) is 10.6. The fourth-order valence-electron chi connectivity index (χ4n) is 2.13. The van der Waals surface area contributed by atoms with Crippen LogP contribution in [0.3, 0.4) is 0 Å². The Balaban J connectivity index is 2.29. The Labute approximate surface area is 132 Å². The molecule has 1 rings (SSSR count). The average Bonchev–Trinajstić information content (AvgIpc) is 2.51. The quantitative estimate of drug-likeness (QED) is 0.675. The van der Waals surface area contributed by atoms with Crippen molar-refractivity contribution in [3.8, 4) is 11.5 Å². The molecule has 1 N–H and O–H groups in total. The van der Waals surface area contributed by atoms with Crippen LogP contribution in [0.25, 0.3) is 0 Å². The smallest absolute Gasteiger partial charge is 0.220 e. The summed E-state index contributed by atoms with van der Waals surface area (Å²) in [5.41, 5.74) is 1.08. The van der Waals surface area contributed by atoms with Gasteiger partial charge in [-0.1, -0.05) is 6.07 Å². The second kappa shape index (κ2) is 9.82. The molecule has 1 aromatic rings. The minimum Gasteiger partial charge on any atom is -0.493 e. The number of ketones is 1. The number of Topliss-reactive ketones (excluding diaryl/α,β-unsaturated/α-hetero) is 1. The number of methoxy groups -OCH3 is 2. The van der Waals surface area contributed by atoms with Crippen LogP contribution in [0.1, 0.15) is 38.2 Å². The maximum absolute atomic E-state index is 11.7. The van der Waals surface area contributed by atoms with Crippen LogP contribution in [0.15, 0.2) is 18.2 Å². The topological polar surface area (TPSA) is 64.6 Å². The molecule has 0 saturated carbocycles. The second-order valence-electron chi connectivity index (χ2n) is 5.20. The SMILES string of the molecule is COc1ccc(CCNC(=O)CCCCC(C)=O)cc1OC. The number of benzene rings is 1. The second-order valence-corrected chi connectivity index (χ2v) is 5.20. The summed E-state index contributed by atoms with van der Waals surface area (Å²) in [6, 6.07) is 5.73. The van der Waals surface area contributed by atoms with Gasteiger partial charge in [0.2, 0.25) is 5.91 Å². The maximum atomic E-state index is 11.7. The highest BCUT2D eigenvalue weighted by Gasteiger charge is 2.05. The van der Waals surface area contributed by atoms with E-state index < -0.39 is 0 Å². The number of hydrogen-bond donors (Lipinski definition) is 1. The molecule has 5 heteroatoms. The van der Waals surface area contributed by atoms with E-state index in [1.807, 2.05) is 18.2 Å². The van der Waals surface area contributed by atoms with Gasteiger partial charge in [0.25, 0.3) is 0 Å². The van der Waals surface area contributed by atoms with Crippen molar-refractivity contribution in [3.63, 3.8) is 0 Å². The molecule has 0 bridgehead atoms. The summed E-state index contributed by atoms with van der Waals surface area (Å²) in [4.78, 5) is 22.5. The standard InChI is InChI=1S/C17H25NO4/c1-13(19)6-4-5-7-17(20)18-11-10-14-8-9-15(21-2)16(12-14)22-3/h8-9,12H,4-7,10-11H2,1-3H3,(H,18,20). The normalized spacial score (nSPS) is 10.1. The van der Waals surface area contributed by atoms with Gasteiger partial charge in [0.1, 0.15) is 5.78 Å². The van der Waals surface area contributed by atoms with Crippen molar-refractivity contribution in [1.29, 1.82) is 0 Å². The van der Waals surface area contributed by atoms with Crippen molar-refractivity contribution in [3.05, 3.63) is 23.8 Å². The Morgan fingerprint density at radius 3 is 2.36 bits per heavy atom. The van der Waals surface area contributed by atoms with Crippen LogP contribution in [0.2, 0.25) is 0 Å². The molecule has 122 valence electrons. The Morgan fingerprint density at radius 1 is 1.05 bits per heavy atom. The predicted molar refractivity (Wildman–Crippen MR) is 85.4 cm³/mol. The molecule has 0 heterocycles. The first kappa shape index (κ1) is 18.0. The Bertz CT molecular complexity index is 499. The van der Waals surface area contributed by atoms with E-state index in [9.17, 15) is 9.59 Å². The van der Waals surface area contributed by atoms with Crippen LogP contribution in [0, 0.1) is 0 Å². The van der Waals surface area contributed by atoms with Gasteiger partial charge in [-0.15, -0.1) is 0 Å². The fourth-order valence-corrected chi connectivity index (χ4v) is 2.13. The first-order valence-corrected chi connectivity index (χ1v) is 7.54. The minimum atomic E-state index is 0.0315. The molecular formula is C17H25NO4. The van der Waals surface area contributed by atoms with Gasteiger partial charge in [-0.3, -0.25) is 4.79 Å². The number of carbonyl (C=O) groups is 2.